The Morgan fingerprint density at radius 2 is 2.13 bits per heavy atom. The summed E-state index contributed by atoms with van der Waals surface area (Å²) in [5.41, 5.74) is 1.77. The summed E-state index contributed by atoms with van der Waals surface area (Å²) in [7, 11) is 0. The van der Waals surface area contributed by atoms with Crippen LogP contribution in [-0.2, 0) is 13.2 Å². The third kappa shape index (κ3) is 2.89. The topological polar surface area (TPSA) is 85.6 Å². The molecule has 5 heteroatoms. The van der Waals surface area contributed by atoms with Crippen LogP contribution in [0.25, 0.3) is 0 Å². The van der Waals surface area contributed by atoms with Crippen molar-refractivity contribution < 1.29 is 15.3 Å². The molecule has 0 bridgehead atoms. The molecule has 0 aliphatic heterocycles. The molecule has 0 spiro atoms. The van der Waals surface area contributed by atoms with E-state index in [1.54, 1.807) is 13.1 Å². The molecule has 0 saturated carbocycles. The highest BCUT2D eigenvalue weighted by Crippen LogP contribution is 2.23. The molecule has 1 aromatic heterocycles. The number of aliphatic hydroxyl groups excluding tert-OH is 2. The van der Waals surface area contributed by atoms with Gasteiger partial charge in [-0.3, -0.25) is 4.98 Å². The number of hydrogen-bond donors (Lipinski definition) is 4. The Morgan fingerprint density at radius 3 is 2.73 bits per heavy atom. The Balaban J connectivity index is 2.86. The van der Waals surface area contributed by atoms with Crippen molar-refractivity contribution in [3.63, 3.8) is 0 Å². The van der Waals surface area contributed by atoms with E-state index in [0.717, 1.165) is 0 Å². The van der Waals surface area contributed by atoms with Crippen LogP contribution < -0.4 is 5.32 Å². The lowest BCUT2D eigenvalue weighted by atomic mass is 10.1. The van der Waals surface area contributed by atoms with E-state index in [1.165, 1.54) is 0 Å². The largest absolute Gasteiger partial charge is 0.506 e. The molecule has 15 heavy (non-hydrogen) atoms. The van der Waals surface area contributed by atoms with Crippen LogP contribution in [0.4, 0.5) is 0 Å². The molecular formula is C10H16N2O3. The monoisotopic (exact) mass is 212 g/mol. The molecule has 0 aliphatic carbocycles. The van der Waals surface area contributed by atoms with Gasteiger partial charge in [0.05, 0.1) is 18.9 Å². The summed E-state index contributed by atoms with van der Waals surface area (Å²) in [6.07, 6.45) is 1.55. The van der Waals surface area contributed by atoms with Crippen LogP contribution in [0.1, 0.15) is 16.8 Å². The maximum atomic E-state index is 9.73. The SMILES string of the molecule is Cc1ncc(CO)c(CNCCO)c1O. The van der Waals surface area contributed by atoms with Crippen LogP contribution in [0.5, 0.6) is 5.75 Å². The summed E-state index contributed by atoms with van der Waals surface area (Å²) in [6, 6.07) is 0. The van der Waals surface area contributed by atoms with E-state index in [9.17, 15) is 5.11 Å². The van der Waals surface area contributed by atoms with Gasteiger partial charge in [-0.15, -0.1) is 0 Å². The van der Waals surface area contributed by atoms with Gasteiger partial charge in [-0.1, -0.05) is 0 Å². The summed E-state index contributed by atoms with van der Waals surface area (Å²) < 4.78 is 0. The molecule has 1 rings (SSSR count). The molecule has 0 unspecified atom stereocenters. The highest BCUT2D eigenvalue weighted by Gasteiger charge is 2.10. The molecule has 5 nitrogen and oxygen atoms in total. The first-order valence-corrected chi connectivity index (χ1v) is 4.79. The van der Waals surface area contributed by atoms with Gasteiger partial charge in [-0.05, 0) is 6.92 Å². The van der Waals surface area contributed by atoms with Gasteiger partial charge in [0.15, 0.2) is 0 Å². The summed E-state index contributed by atoms with van der Waals surface area (Å²) in [5.74, 6) is 0.104. The molecule has 1 heterocycles. The van der Waals surface area contributed by atoms with E-state index in [2.05, 4.69) is 10.3 Å². The van der Waals surface area contributed by atoms with E-state index in [1.807, 2.05) is 0 Å². The van der Waals surface area contributed by atoms with Crippen molar-refractivity contribution >= 4 is 0 Å². The number of nitrogens with zero attached hydrogens (tertiary/aromatic N) is 1. The third-order valence-corrected chi connectivity index (χ3v) is 2.19. The second kappa shape index (κ2) is 5.65. The van der Waals surface area contributed by atoms with Crippen LogP contribution in [0.15, 0.2) is 6.20 Å². The average molecular weight is 212 g/mol. The van der Waals surface area contributed by atoms with Crippen molar-refractivity contribution in [1.29, 1.82) is 0 Å². The Morgan fingerprint density at radius 1 is 1.40 bits per heavy atom. The number of hydrogen-bond acceptors (Lipinski definition) is 5. The normalized spacial score (nSPS) is 10.6. The van der Waals surface area contributed by atoms with Crippen LogP contribution in [0.2, 0.25) is 0 Å². The molecule has 0 fully saturated rings. The zero-order chi connectivity index (χ0) is 11.3. The number of pyridine rings is 1. The summed E-state index contributed by atoms with van der Waals surface area (Å²) >= 11 is 0. The molecule has 0 aromatic carbocycles. The molecule has 84 valence electrons. The minimum absolute atomic E-state index is 0.0410. The Kier molecular flexibility index (Phi) is 4.48. The van der Waals surface area contributed by atoms with E-state index >= 15 is 0 Å². The highest BCUT2D eigenvalue weighted by molar-refractivity contribution is 5.40. The van der Waals surface area contributed by atoms with Crippen molar-refractivity contribution in [2.45, 2.75) is 20.1 Å². The Hall–Kier alpha value is -1.17. The fourth-order valence-corrected chi connectivity index (χ4v) is 1.31. The lowest BCUT2D eigenvalue weighted by Crippen LogP contribution is -2.19. The molecule has 1 aromatic rings. The number of nitrogens with one attached hydrogen (secondary N) is 1. The lowest BCUT2D eigenvalue weighted by Gasteiger charge is -2.11. The first-order chi connectivity index (χ1) is 7.20. The highest BCUT2D eigenvalue weighted by atomic mass is 16.3. The molecule has 4 N–H and O–H groups in total. The number of rotatable bonds is 5. The van der Waals surface area contributed by atoms with E-state index < -0.39 is 0 Å². The van der Waals surface area contributed by atoms with Gasteiger partial charge >= 0.3 is 0 Å². The molecule has 0 saturated heterocycles. The smallest absolute Gasteiger partial charge is 0.141 e. The summed E-state index contributed by atoms with van der Waals surface area (Å²) in [6.45, 7) is 2.44. The molecule has 0 aliphatic rings. The third-order valence-electron chi connectivity index (χ3n) is 2.19. The Labute approximate surface area is 88.4 Å². The van der Waals surface area contributed by atoms with Crippen molar-refractivity contribution in [1.82, 2.24) is 10.3 Å². The van der Waals surface area contributed by atoms with Gasteiger partial charge < -0.3 is 20.6 Å². The van der Waals surface area contributed by atoms with Crippen LogP contribution in [0, 0.1) is 6.92 Å². The van der Waals surface area contributed by atoms with Crippen LogP contribution in [0.3, 0.4) is 0 Å². The van der Waals surface area contributed by atoms with Crippen LogP contribution >= 0.6 is 0 Å². The Bertz CT molecular complexity index is 329. The van der Waals surface area contributed by atoms with Crippen LogP contribution in [-0.4, -0.2) is 33.5 Å². The quantitative estimate of drug-likeness (QED) is 0.502. The van der Waals surface area contributed by atoms with E-state index in [4.69, 9.17) is 10.2 Å². The predicted octanol–water partition coefficient (Wildman–Crippen LogP) is -0.330. The summed E-state index contributed by atoms with van der Waals surface area (Å²) in [4.78, 5) is 3.95. The van der Waals surface area contributed by atoms with Crippen molar-refractivity contribution in [3.8, 4) is 5.75 Å². The number of aliphatic hydroxyl groups is 2. The van der Waals surface area contributed by atoms with Crippen molar-refractivity contribution in [2.75, 3.05) is 13.2 Å². The zero-order valence-corrected chi connectivity index (χ0v) is 8.69. The van der Waals surface area contributed by atoms with Gasteiger partial charge in [0, 0.05) is 30.4 Å². The first-order valence-electron chi connectivity index (χ1n) is 4.79. The maximum Gasteiger partial charge on any atom is 0.141 e. The molecule has 0 radical (unpaired) electrons. The minimum Gasteiger partial charge on any atom is -0.506 e. The standard InChI is InChI=1S/C10H16N2O3/c1-7-10(15)9(5-11-2-3-13)8(6-14)4-12-7/h4,11,13-15H,2-3,5-6H2,1H3. The molecular weight excluding hydrogens is 196 g/mol. The van der Waals surface area contributed by atoms with E-state index in [0.29, 0.717) is 29.9 Å². The first kappa shape index (κ1) is 11.9. The van der Waals surface area contributed by atoms with E-state index in [-0.39, 0.29) is 19.0 Å². The fourth-order valence-electron chi connectivity index (χ4n) is 1.31. The average Bonchev–Trinajstić information content (AvgIpc) is 2.25. The minimum atomic E-state index is -0.156. The number of aryl methyl sites for hydroxylation is 1. The van der Waals surface area contributed by atoms with Crippen molar-refractivity contribution in [2.24, 2.45) is 0 Å². The molecule has 0 atom stereocenters. The predicted molar refractivity (Wildman–Crippen MR) is 55.4 cm³/mol. The summed E-state index contributed by atoms with van der Waals surface area (Å²) in [5, 5.41) is 30.3. The van der Waals surface area contributed by atoms with Gasteiger partial charge in [0.25, 0.3) is 0 Å². The van der Waals surface area contributed by atoms with Gasteiger partial charge in [0.2, 0.25) is 0 Å². The number of aromatic hydroxyl groups is 1. The lowest BCUT2D eigenvalue weighted by molar-refractivity contribution is 0.277. The van der Waals surface area contributed by atoms with Gasteiger partial charge in [0.1, 0.15) is 5.75 Å². The number of aromatic nitrogens is 1. The molecule has 0 amide bonds. The fraction of sp³-hybridized carbons (Fsp3) is 0.500. The van der Waals surface area contributed by atoms with Gasteiger partial charge in [-0.2, -0.15) is 0 Å². The van der Waals surface area contributed by atoms with Crippen molar-refractivity contribution in [3.05, 3.63) is 23.0 Å². The zero-order valence-electron chi connectivity index (χ0n) is 8.69. The van der Waals surface area contributed by atoms with Gasteiger partial charge in [-0.25, -0.2) is 0 Å². The second-order valence-corrected chi connectivity index (χ2v) is 3.25. The maximum absolute atomic E-state index is 9.73. The second-order valence-electron chi connectivity index (χ2n) is 3.25.